The molecule has 7 heteroatoms. The minimum atomic E-state index is -0.225. The Morgan fingerprint density at radius 1 is 1.17 bits per heavy atom. The predicted octanol–water partition coefficient (Wildman–Crippen LogP) is 1.79. The van der Waals surface area contributed by atoms with Gasteiger partial charge in [-0.1, -0.05) is 12.1 Å². The maximum atomic E-state index is 11.8. The Hall–Kier alpha value is -2.41. The van der Waals surface area contributed by atoms with E-state index < -0.39 is 0 Å². The quantitative estimate of drug-likeness (QED) is 0.838. The number of hydrogen-bond donors (Lipinski definition) is 2. The average molecular weight is 344 g/mol. The lowest BCUT2D eigenvalue weighted by molar-refractivity contribution is -0.120. The summed E-state index contributed by atoms with van der Waals surface area (Å²) in [6.07, 6.45) is 4.23. The molecule has 0 atom stereocenters. The van der Waals surface area contributed by atoms with Gasteiger partial charge < -0.3 is 15.5 Å². The van der Waals surface area contributed by atoms with Gasteiger partial charge in [-0.2, -0.15) is 0 Å². The van der Waals surface area contributed by atoms with Crippen molar-refractivity contribution in [2.24, 2.45) is 0 Å². The molecule has 0 aliphatic carbocycles. The van der Waals surface area contributed by atoms with Crippen LogP contribution in [0.2, 0.25) is 0 Å². The Balaban J connectivity index is 1.41. The Morgan fingerprint density at radius 2 is 2.00 bits per heavy atom. The van der Waals surface area contributed by atoms with E-state index in [4.69, 9.17) is 0 Å². The van der Waals surface area contributed by atoms with Crippen molar-refractivity contribution in [2.45, 2.75) is 19.4 Å². The summed E-state index contributed by atoms with van der Waals surface area (Å²) in [5, 5.41) is 7.22. The number of thiophene rings is 1. The van der Waals surface area contributed by atoms with E-state index >= 15 is 0 Å². The number of pyridine rings is 1. The van der Waals surface area contributed by atoms with Gasteiger partial charge in [-0.15, -0.1) is 11.3 Å². The first-order valence-corrected chi connectivity index (χ1v) is 8.88. The maximum Gasteiger partial charge on any atom is 0.261 e. The smallest absolute Gasteiger partial charge is 0.261 e. The molecule has 0 aromatic carbocycles. The van der Waals surface area contributed by atoms with Crippen molar-refractivity contribution >= 4 is 29.0 Å². The Kier molecular flexibility index (Phi) is 5.43. The summed E-state index contributed by atoms with van der Waals surface area (Å²) in [5.74, 6) is 0.547. The SMILES string of the molecule is O=C(CNC(=O)c1cccs1)NCc1ccc(N2CCCC2)nc1. The standard InChI is InChI=1S/C17H20N4O2S/c22-16(12-20-17(23)14-4-3-9-24-14)19-11-13-5-6-15(18-10-13)21-7-1-2-8-21/h3-6,9-10H,1-2,7-8,11-12H2,(H,19,22)(H,20,23). The lowest BCUT2D eigenvalue weighted by Gasteiger charge is -2.16. The first-order chi connectivity index (χ1) is 11.7. The van der Waals surface area contributed by atoms with Crippen molar-refractivity contribution in [3.05, 3.63) is 46.3 Å². The Bertz CT molecular complexity index is 679. The number of hydrogen-bond acceptors (Lipinski definition) is 5. The molecule has 0 unspecified atom stereocenters. The van der Waals surface area contributed by atoms with Gasteiger partial charge in [0.1, 0.15) is 5.82 Å². The summed E-state index contributed by atoms with van der Waals surface area (Å²) in [6, 6.07) is 7.50. The van der Waals surface area contributed by atoms with Crippen LogP contribution in [-0.4, -0.2) is 36.4 Å². The van der Waals surface area contributed by atoms with Gasteiger partial charge in [0.15, 0.2) is 0 Å². The van der Waals surface area contributed by atoms with E-state index in [1.807, 2.05) is 17.5 Å². The van der Waals surface area contributed by atoms with Crippen LogP contribution in [0.4, 0.5) is 5.82 Å². The van der Waals surface area contributed by atoms with Crippen LogP contribution in [-0.2, 0) is 11.3 Å². The second-order valence-electron chi connectivity index (χ2n) is 5.66. The molecule has 2 N–H and O–H groups in total. The Labute approximate surface area is 144 Å². The number of anilines is 1. The zero-order valence-corrected chi connectivity index (χ0v) is 14.1. The second-order valence-corrected chi connectivity index (χ2v) is 6.60. The summed E-state index contributed by atoms with van der Waals surface area (Å²) in [4.78, 5) is 30.9. The topological polar surface area (TPSA) is 74.3 Å². The molecule has 1 fully saturated rings. The van der Waals surface area contributed by atoms with Gasteiger partial charge >= 0.3 is 0 Å². The fourth-order valence-corrected chi connectivity index (χ4v) is 3.21. The van der Waals surface area contributed by atoms with Crippen molar-refractivity contribution in [2.75, 3.05) is 24.5 Å². The van der Waals surface area contributed by atoms with E-state index in [2.05, 4.69) is 20.5 Å². The number of amides is 2. The van der Waals surface area contributed by atoms with Crippen LogP contribution in [0.3, 0.4) is 0 Å². The van der Waals surface area contributed by atoms with E-state index in [-0.39, 0.29) is 18.4 Å². The molecule has 0 saturated carbocycles. The van der Waals surface area contributed by atoms with Gasteiger partial charge in [-0.3, -0.25) is 9.59 Å². The van der Waals surface area contributed by atoms with Crippen LogP contribution in [0.5, 0.6) is 0 Å². The first kappa shape index (κ1) is 16.4. The van der Waals surface area contributed by atoms with Crippen molar-refractivity contribution < 1.29 is 9.59 Å². The van der Waals surface area contributed by atoms with Crippen LogP contribution in [0.25, 0.3) is 0 Å². The van der Waals surface area contributed by atoms with Crippen molar-refractivity contribution in [3.8, 4) is 0 Å². The third-order valence-corrected chi connectivity index (χ3v) is 4.75. The van der Waals surface area contributed by atoms with Gasteiger partial charge in [0.25, 0.3) is 5.91 Å². The van der Waals surface area contributed by atoms with E-state index in [0.29, 0.717) is 11.4 Å². The normalized spacial score (nSPS) is 13.8. The van der Waals surface area contributed by atoms with Crippen molar-refractivity contribution in [1.82, 2.24) is 15.6 Å². The summed E-state index contributed by atoms with van der Waals surface area (Å²) in [5.41, 5.74) is 0.941. The van der Waals surface area contributed by atoms with Crippen LogP contribution in [0.15, 0.2) is 35.8 Å². The fourth-order valence-electron chi connectivity index (χ4n) is 2.57. The third-order valence-electron chi connectivity index (χ3n) is 3.88. The lowest BCUT2D eigenvalue weighted by atomic mass is 10.2. The van der Waals surface area contributed by atoms with E-state index in [1.165, 1.54) is 24.2 Å². The van der Waals surface area contributed by atoms with Crippen molar-refractivity contribution in [1.29, 1.82) is 0 Å². The van der Waals surface area contributed by atoms with E-state index in [9.17, 15) is 9.59 Å². The molecule has 1 saturated heterocycles. The van der Waals surface area contributed by atoms with Gasteiger partial charge in [0, 0.05) is 25.8 Å². The van der Waals surface area contributed by atoms with Crippen LogP contribution < -0.4 is 15.5 Å². The highest BCUT2D eigenvalue weighted by Crippen LogP contribution is 2.17. The molecule has 1 aliphatic rings. The monoisotopic (exact) mass is 344 g/mol. The highest BCUT2D eigenvalue weighted by Gasteiger charge is 2.13. The molecule has 24 heavy (non-hydrogen) atoms. The highest BCUT2D eigenvalue weighted by atomic mass is 32.1. The van der Waals surface area contributed by atoms with Gasteiger partial charge in [-0.05, 0) is 35.9 Å². The molecule has 2 aromatic heterocycles. The predicted molar refractivity (Wildman–Crippen MR) is 94.2 cm³/mol. The Morgan fingerprint density at radius 3 is 2.67 bits per heavy atom. The molecule has 2 amide bonds. The summed E-state index contributed by atoms with van der Waals surface area (Å²) < 4.78 is 0. The van der Waals surface area contributed by atoms with Gasteiger partial charge in [0.2, 0.25) is 5.91 Å². The number of carbonyl (C=O) groups is 2. The molecule has 126 valence electrons. The number of aromatic nitrogens is 1. The average Bonchev–Trinajstić information content (AvgIpc) is 3.31. The second kappa shape index (κ2) is 7.92. The largest absolute Gasteiger partial charge is 0.357 e. The molecular weight excluding hydrogens is 324 g/mol. The lowest BCUT2D eigenvalue weighted by Crippen LogP contribution is -2.36. The molecule has 0 bridgehead atoms. The van der Waals surface area contributed by atoms with Crippen LogP contribution in [0, 0.1) is 0 Å². The number of nitrogens with one attached hydrogen (secondary N) is 2. The molecule has 0 spiro atoms. The number of carbonyl (C=O) groups excluding carboxylic acids is 2. The molecule has 3 heterocycles. The summed E-state index contributed by atoms with van der Waals surface area (Å²) >= 11 is 1.35. The zero-order valence-electron chi connectivity index (χ0n) is 13.3. The highest BCUT2D eigenvalue weighted by molar-refractivity contribution is 7.12. The van der Waals surface area contributed by atoms with E-state index in [0.717, 1.165) is 24.5 Å². The molecule has 1 aliphatic heterocycles. The first-order valence-electron chi connectivity index (χ1n) is 8.00. The number of rotatable bonds is 6. The van der Waals surface area contributed by atoms with Crippen LogP contribution in [0.1, 0.15) is 28.1 Å². The van der Waals surface area contributed by atoms with Gasteiger partial charge in [-0.25, -0.2) is 4.98 Å². The number of nitrogens with zero attached hydrogens (tertiary/aromatic N) is 2. The zero-order chi connectivity index (χ0) is 16.8. The van der Waals surface area contributed by atoms with Gasteiger partial charge in [0.05, 0.1) is 11.4 Å². The third kappa shape index (κ3) is 4.32. The molecule has 2 aromatic rings. The molecule has 3 rings (SSSR count). The summed E-state index contributed by atoms with van der Waals surface area (Å²) in [7, 11) is 0. The minimum Gasteiger partial charge on any atom is -0.357 e. The van der Waals surface area contributed by atoms with Crippen molar-refractivity contribution in [3.63, 3.8) is 0 Å². The van der Waals surface area contributed by atoms with Crippen LogP contribution >= 0.6 is 11.3 Å². The fraction of sp³-hybridized carbons (Fsp3) is 0.353. The summed E-state index contributed by atoms with van der Waals surface area (Å²) in [6.45, 7) is 2.50. The maximum absolute atomic E-state index is 11.8. The molecule has 0 radical (unpaired) electrons. The molecule has 6 nitrogen and oxygen atoms in total. The molecular formula is C17H20N4O2S. The minimum absolute atomic E-state index is 0.0317. The van der Waals surface area contributed by atoms with E-state index in [1.54, 1.807) is 18.3 Å².